The second-order valence-electron chi connectivity index (χ2n) is 9.55. The summed E-state index contributed by atoms with van der Waals surface area (Å²) in [4.78, 5) is 6.71. The van der Waals surface area contributed by atoms with Crippen molar-refractivity contribution in [3.8, 4) is 5.69 Å². The lowest BCUT2D eigenvalue weighted by Gasteiger charge is -2.29. The minimum atomic E-state index is -4.42. The molecule has 2 atom stereocenters. The Balaban J connectivity index is 1.69. The van der Waals surface area contributed by atoms with E-state index in [0.717, 1.165) is 45.5 Å². The minimum absolute atomic E-state index is 0.245. The number of aryl methyl sites for hydroxylation is 3. The van der Waals surface area contributed by atoms with Crippen molar-refractivity contribution in [2.45, 2.75) is 46.0 Å². The molecule has 0 radical (unpaired) electrons. The van der Waals surface area contributed by atoms with Crippen LogP contribution in [0.15, 0.2) is 72.9 Å². The molecule has 0 amide bonds. The fourth-order valence-corrected chi connectivity index (χ4v) is 5.69. The maximum atomic E-state index is 13.5. The van der Waals surface area contributed by atoms with Crippen LogP contribution < -0.4 is 10.2 Å². The monoisotopic (exact) mass is 520 g/mol. The van der Waals surface area contributed by atoms with Crippen molar-refractivity contribution >= 4 is 23.0 Å². The summed E-state index contributed by atoms with van der Waals surface area (Å²) in [6.07, 6.45) is -2.66. The molecule has 2 aromatic heterocycles. The average molecular weight is 521 g/mol. The van der Waals surface area contributed by atoms with E-state index >= 15 is 0 Å². The number of benzene rings is 2. The van der Waals surface area contributed by atoms with Gasteiger partial charge in [0.05, 0.1) is 23.3 Å². The molecule has 0 saturated carbocycles. The molecule has 1 fully saturated rings. The van der Waals surface area contributed by atoms with E-state index in [-0.39, 0.29) is 12.1 Å². The van der Waals surface area contributed by atoms with Crippen molar-refractivity contribution in [3.63, 3.8) is 0 Å². The molecule has 8 heteroatoms. The van der Waals surface area contributed by atoms with Gasteiger partial charge in [-0.15, -0.1) is 0 Å². The maximum Gasteiger partial charge on any atom is 0.416 e. The van der Waals surface area contributed by atoms with Crippen LogP contribution in [-0.2, 0) is 6.18 Å². The first-order valence-corrected chi connectivity index (χ1v) is 12.4. The van der Waals surface area contributed by atoms with Gasteiger partial charge in [-0.25, -0.2) is 0 Å². The number of anilines is 1. The molecule has 3 heterocycles. The number of nitrogens with zero attached hydrogens (tertiary/aromatic N) is 3. The summed E-state index contributed by atoms with van der Waals surface area (Å²) in [5.41, 5.74) is 6.49. The molecule has 1 saturated heterocycles. The Morgan fingerprint density at radius 1 is 0.865 bits per heavy atom. The molecule has 0 unspecified atom stereocenters. The number of rotatable bonds is 4. The first-order chi connectivity index (χ1) is 17.5. The third-order valence-corrected chi connectivity index (χ3v) is 7.12. The molecule has 1 aliphatic heterocycles. The predicted molar refractivity (Wildman–Crippen MR) is 144 cm³/mol. The first-order valence-electron chi connectivity index (χ1n) is 12.0. The molecule has 4 aromatic rings. The summed E-state index contributed by atoms with van der Waals surface area (Å²) in [5, 5.41) is 4.05. The zero-order valence-electron chi connectivity index (χ0n) is 21.0. The number of alkyl halides is 3. The molecular formula is C29H27F3N4S. The molecule has 4 nitrogen and oxygen atoms in total. The highest BCUT2D eigenvalue weighted by molar-refractivity contribution is 7.80. The van der Waals surface area contributed by atoms with Crippen molar-refractivity contribution in [1.82, 2.24) is 14.9 Å². The summed E-state index contributed by atoms with van der Waals surface area (Å²) < 4.78 is 42.3. The Hall–Kier alpha value is -3.65. The zero-order chi connectivity index (χ0) is 26.5. The van der Waals surface area contributed by atoms with Crippen molar-refractivity contribution in [3.05, 3.63) is 112 Å². The number of thiocarbonyl (C=S) groups is 1. The smallest absolute Gasteiger partial charge is 0.351 e. The van der Waals surface area contributed by atoms with Gasteiger partial charge in [-0.05, 0) is 105 Å². The van der Waals surface area contributed by atoms with Gasteiger partial charge < -0.3 is 14.8 Å². The van der Waals surface area contributed by atoms with Gasteiger partial charge in [0, 0.05) is 29.0 Å². The quantitative estimate of drug-likeness (QED) is 0.286. The Morgan fingerprint density at radius 2 is 1.59 bits per heavy atom. The second kappa shape index (κ2) is 9.34. The Labute approximate surface area is 219 Å². The van der Waals surface area contributed by atoms with E-state index in [9.17, 15) is 13.2 Å². The lowest BCUT2D eigenvalue weighted by Crippen LogP contribution is -2.29. The maximum absolute atomic E-state index is 13.5. The standard InChI is InChI=1S/C29H27F3N4S/c1-17-12-18(2)14-23(13-17)36-27(26(34-28(36)37)25-10-5-6-11-33-25)24-15-19(3)35(20(24)4)22-9-7-8-21(16-22)29(30,31)32/h5-16,26-27H,1-4H3,(H,34,37)/t26-,27+/m0/s1. The molecule has 37 heavy (non-hydrogen) atoms. The van der Waals surface area contributed by atoms with Crippen LogP contribution >= 0.6 is 12.2 Å². The van der Waals surface area contributed by atoms with Crippen LogP contribution in [0.25, 0.3) is 5.69 Å². The van der Waals surface area contributed by atoms with Crippen LogP contribution in [0.3, 0.4) is 0 Å². The SMILES string of the molecule is Cc1cc(C)cc(N2C(=S)N[C@@H](c3ccccn3)[C@H]2c2cc(C)n(-c3cccc(C(F)(F)F)c3)c2C)c1. The van der Waals surface area contributed by atoms with Crippen LogP contribution in [0.4, 0.5) is 18.9 Å². The fraction of sp³-hybridized carbons (Fsp3) is 0.241. The summed E-state index contributed by atoms with van der Waals surface area (Å²) in [5.74, 6) is 0. The highest BCUT2D eigenvalue weighted by Gasteiger charge is 2.42. The summed E-state index contributed by atoms with van der Waals surface area (Å²) in [7, 11) is 0. The summed E-state index contributed by atoms with van der Waals surface area (Å²) >= 11 is 5.85. The number of pyridine rings is 1. The summed E-state index contributed by atoms with van der Waals surface area (Å²) in [6, 6.07) is 19.1. The highest BCUT2D eigenvalue weighted by atomic mass is 32.1. The van der Waals surface area contributed by atoms with Gasteiger partial charge in [-0.1, -0.05) is 18.2 Å². The largest absolute Gasteiger partial charge is 0.416 e. The van der Waals surface area contributed by atoms with Crippen LogP contribution in [-0.4, -0.2) is 14.7 Å². The molecule has 190 valence electrons. The average Bonchev–Trinajstić information content (AvgIpc) is 3.33. The first kappa shape index (κ1) is 25.0. The zero-order valence-corrected chi connectivity index (χ0v) is 21.8. The van der Waals surface area contributed by atoms with Gasteiger partial charge in [0.1, 0.15) is 0 Å². The number of halogens is 3. The van der Waals surface area contributed by atoms with Crippen molar-refractivity contribution < 1.29 is 13.2 Å². The normalized spacial score (nSPS) is 17.8. The number of nitrogens with one attached hydrogen (secondary N) is 1. The van der Waals surface area contributed by atoms with E-state index < -0.39 is 11.7 Å². The van der Waals surface area contributed by atoms with E-state index in [1.165, 1.54) is 12.1 Å². The third kappa shape index (κ3) is 4.62. The highest BCUT2D eigenvalue weighted by Crippen LogP contribution is 2.44. The Morgan fingerprint density at radius 3 is 2.24 bits per heavy atom. The number of hydrogen-bond donors (Lipinski definition) is 1. The van der Waals surface area contributed by atoms with E-state index in [0.29, 0.717) is 10.8 Å². The molecule has 2 aromatic carbocycles. The molecule has 0 bridgehead atoms. The van der Waals surface area contributed by atoms with Crippen LogP contribution in [0.1, 0.15) is 51.4 Å². The minimum Gasteiger partial charge on any atom is -0.351 e. The number of aromatic nitrogens is 2. The lowest BCUT2D eigenvalue weighted by atomic mass is 9.96. The van der Waals surface area contributed by atoms with Crippen molar-refractivity contribution in [2.24, 2.45) is 0 Å². The van der Waals surface area contributed by atoms with Gasteiger partial charge in [0.25, 0.3) is 0 Å². The van der Waals surface area contributed by atoms with Crippen LogP contribution in [0.2, 0.25) is 0 Å². The van der Waals surface area contributed by atoms with Gasteiger partial charge in [-0.2, -0.15) is 13.2 Å². The molecule has 5 rings (SSSR count). The second-order valence-corrected chi connectivity index (χ2v) is 9.94. The summed E-state index contributed by atoms with van der Waals surface area (Å²) in [6.45, 7) is 7.95. The third-order valence-electron chi connectivity index (χ3n) is 6.80. The lowest BCUT2D eigenvalue weighted by molar-refractivity contribution is -0.137. The van der Waals surface area contributed by atoms with E-state index in [1.807, 2.05) is 56.5 Å². The van der Waals surface area contributed by atoms with Gasteiger partial charge in [0.2, 0.25) is 0 Å². The fourth-order valence-electron chi connectivity index (χ4n) is 5.34. The van der Waals surface area contributed by atoms with E-state index in [2.05, 4.69) is 33.4 Å². The Bertz CT molecular complexity index is 1460. The van der Waals surface area contributed by atoms with E-state index in [4.69, 9.17) is 12.2 Å². The van der Waals surface area contributed by atoms with Gasteiger partial charge >= 0.3 is 6.18 Å². The van der Waals surface area contributed by atoms with Crippen LogP contribution in [0, 0.1) is 27.7 Å². The van der Waals surface area contributed by atoms with Crippen molar-refractivity contribution in [2.75, 3.05) is 4.90 Å². The molecule has 1 N–H and O–H groups in total. The van der Waals surface area contributed by atoms with Gasteiger partial charge in [0.15, 0.2) is 5.11 Å². The molecule has 0 aliphatic carbocycles. The topological polar surface area (TPSA) is 33.1 Å². The van der Waals surface area contributed by atoms with E-state index in [1.54, 1.807) is 12.3 Å². The van der Waals surface area contributed by atoms with Crippen LogP contribution in [0.5, 0.6) is 0 Å². The van der Waals surface area contributed by atoms with Gasteiger partial charge in [-0.3, -0.25) is 4.98 Å². The number of hydrogen-bond acceptors (Lipinski definition) is 2. The molecular weight excluding hydrogens is 493 g/mol. The molecule has 1 aliphatic rings. The predicted octanol–water partition coefficient (Wildman–Crippen LogP) is 7.30. The Kier molecular flexibility index (Phi) is 6.31. The molecule has 0 spiro atoms. The van der Waals surface area contributed by atoms with Crippen molar-refractivity contribution in [1.29, 1.82) is 0 Å².